The van der Waals surface area contributed by atoms with Crippen LogP contribution in [-0.2, 0) is 0 Å². The van der Waals surface area contributed by atoms with Crippen molar-refractivity contribution in [2.24, 2.45) is 0 Å². The highest BCUT2D eigenvalue weighted by molar-refractivity contribution is 7.80. The lowest BCUT2D eigenvalue weighted by Crippen LogP contribution is -3.05. The van der Waals surface area contributed by atoms with Crippen LogP contribution in [0, 0.1) is 0 Å². The monoisotopic (exact) mass is 364 g/mol. The Labute approximate surface area is 153 Å². The van der Waals surface area contributed by atoms with Crippen molar-refractivity contribution in [1.82, 2.24) is 15.2 Å². The van der Waals surface area contributed by atoms with Gasteiger partial charge in [0, 0.05) is 39.1 Å². The fourth-order valence-electron chi connectivity index (χ4n) is 2.85. The Kier molecular flexibility index (Phi) is 5.86. The van der Waals surface area contributed by atoms with E-state index in [0.29, 0.717) is 0 Å². The second-order valence-electron chi connectivity index (χ2n) is 6.48. The zero-order valence-corrected chi connectivity index (χ0v) is 16.1. The molecule has 7 heteroatoms. The highest BCUT2D eigenvalue weighted by Crippen LogP contribution is 2.29. The summed E-state index contributed by atoms with van der Waals surface area (Å²) in [6.45, 7) is 6.00. The predicted molar refractivity (Wildman–Crippen MR) is 106 cm³/mol. The molecule has 130 valence electrons. The zero-order valence-electron chi connectivity index (χ0n) is 14.4. The van der Waals surface area contributed by atoms with Crippen molar-refractivity contribution < 1.29 is 4.90 Å². The van der Waals surface area contributed by atoms with Gasteiger partial charge in [-0.25, -0.2) is 4.98 Å². The number of thiocarbonyl (C=S) groups is 1. The fourth-order valence-corrected chi connectivity index (χ4v) is 4.15. The normalized spacial score (nSPS) is 15.3. The van der Waals surface area contributed by atoms with E-state index in [4.69, 9.17) is 17.2 Å². The lowest BCUT2D eigenvalue weighted by Gasteiger charge is -2.36. The molecule has 0 saturated carbocycles. The molecule has 2 N–H and O–H groups in total. The van der Waals surface area contributed by atoms with E-state index in [2.05, 4.69) is 47.4 Å². The van der Waals surface area contributed by atoms with Gasteiger partial charge in [0.2, 0.25) is 0 Å². The standard InChI is InChI=1S/C17H25N5S2/c1-20(2)9-5-8-18-16(23)21-10-12-22(13-11-21)17-19-14-6-3-4-7-15(14)24-17/h3-4,6-7H,5,8-13H2,1-2H3,(H,18,23)/p+1. The van der Waals surface area contributed by atoms with Gasteiger partial charge in [0.1, 0.15) is 0 Å². The molecule has 0 atom stereocenters. The molecule has 3 rings (SSSR count). The van der Waals surface area contributed by atoms with Gasteiger partial charge in [0.15, 0.2) is 10.2 Å². The molecule has 24 heavy (non-hydrogen) atoms. The molecule has 2 aromatic rings. The molecule has 0 spiro atoms. The van der Waals surface area contributed by atoms with Crippen molar-refractivity contribution in [3.8, 4) is 0 Å². The molecule has 1 aromatic carbocycles. The third-order valence-electron chi connectivity index (χ3n) is 4.25. The van der Waals surface area contributed by atoms with Crippen LogP contribution in [0.3, 0.4) is 0 Å². The lowest BCUT2D eigenvalue weighted by atomic mass is 10.3. The summed E-state index contributed by atoms with van der Waals surface area (Å²) in [7, 11) is 4.36. The number of rotatable bonds is 5. The van der Waals surface area contributed by atoms with E-state index in [1.54, 1.807) is 11.3 Å². The van der Waals surface area contributed by atoms with Gasteiger partial charge in [-0.3, -0.25) is 0 Å². The van der Waals surface area contributed by atoms with Gasteiger partial charge in [0.05, 0.1) is 30.9 Å². The topological polar surface area (TPSA) is 35.8 Å². The number of hydrogen-bond donors (Lipinski definition) is 2. The smallest absolute Gasteiger partial charge is 0.186 e. The molecule has 5 nitrogen and oxygen atoms in total. The summed E-state index contributed by atoms with van der Waals surface area (Å²) >= 11 is 7.32. The van der Waals surface area contributed by atoms with E-state index >= 15 is 0 Å². The number of nitrogens with one attached hydrogen (secondary N) is 2. The summed E-state index contributed by atoms with van der Waals surface area (Å²) in [5.74, 6) is 0. The maximum absolute atomic E-state index is 5.54. The molecule has 1 aliphatic rings. The molecule has 0 unspecified atom stereocenters. The molecule has 1 saturated heterocycles. The summed E-state index contributed by atoms with van der Waals surface area (Å²) in [6, 6.07) is 8.34. The lowest BCUT2D eigenvalue weighted by molar-refractivity contribution is -0.858. The second kappa shape index (κ2) is 8.09. The van der Waals surface area contributed by atoms with E-state index in [-0.39, 0.29) is 0 Å². The number of piperazine rings is 1. The number of aromatic nitrogens is 1. The van der Waals surface area contributed by atoms with Gasteiger partial charge >= 0.3 is 0 Å². The third-order valence-corrected chi connectivity index (χ3v) is 5.75. The van der Waals surface area contributed by atoms with Crippen LogP contribution < -0.4 is 15.1 Å². The van der Waals surface area contributed by atoms with Crippen LogP contribution in [0.1, 0.15) is 6.42 Å². The van der Waals surface area contributed by atoms with Crippen LogP contribution in [0.15, 0.2) is 24.3 Å². The number of thiazole rings is 1. The number of anilines is 1. The number of nitrogens with zero attached hydrogens (tertiary/aromatic N) is 3. The Hall–Kier alpha value is -1.44. The van der Waals surface area contributed by atoms with E-state index < -0.39 is 0 Å². The highest BCUT2D eigenvalue weighted by Gasteiger charge is 2.21. The van der Waals surface area contributed by atoms with Crippen molar-refractivity contribution in [1.29, 1.82) is 0 Å². The molecule has 0 bridgehead atoms. The Bertz CT molecular complexity index is 643. The maximum Gasteiger partial charge on any atom is 0.186 e. The third kappa shape index (κ3) is 4.34. The quantitative estimate of drug-likeness (QED) is 0.607. The van der Waals surface area contributed by atoms with Crippen molar-refractivity contribution in [3.63, 3.8) is 0 Å². The van der Waals surface area contributed by atoms with Gasteiger partial charge in [-0.1, -0.05) is 23.5 Å². The number of quaternary nitrogens is 1. The Morgan fingerprint density at radius 1 is 1.25 bits per heavy atom. The average Bonchev–Trinajstić information content (AvgIpc) is 3.02. The predicted octanol–water partition coefficient (Wildman–Crippen LogP) is 0.827. The number of hydrogen-bond acceptors (Lipinski definition) is 4. The van der Waals surface area contributed by atoms with Gasteiger partial charge < -0.3 is 20.0 Å². The Morgan fingerprint density at radius 3 is 2.71 bits per heavy atom. The molecule has 0 amide bonds. The molecule has 0 aliphatic carbocycles. The number of fused-ring (bicyclic) bond motifs is 1. The summed E-state index contributed by atoms with van der Waals surface area (Å²) in [5.41, 5.74) is 1.10. The van der Waals surface area contributed by atoms with Crippen LogP contribution >= 0.6 is 23.6 Å². The molecule has 1 fully saturated rings. The van der Waals surface area contributed by atoms with Gasteiger partial charge in [-0.2, -0.15) is 0 Å². The first-order chi connectivity index (χ1) is 11.6. The minimum atomic E-state index is 0.896. The first-order valence-corrected chi connectivity index (χ1v) is 9.78. The fraction of sp³-hybridized carbons (Fsp3) is 0.529. The van der Waals surface area contributed by atoms with Crippen LogP contribution in [0.25, 0.3) is 10.2 Å². The van der Waals surface area contributed by atoms with Crippen molar-refractivity contribution in [3.05, 3.63) is 24.3 Å². The summed E-state index contributed by atoms with van der Waals surface area (Å²) in [4.78, 5) is 10.9. The molecule has 1 aliphatic heterocycles. The van der Waals surface area contributed by atoms with Crippen LogP contribution in [0.5, 0.6) is 0 Å². The first kappa shape index (κ1) is 17.4. The van der Waals surface area contributed by atoms with Crippen molar-refractivity contribution in [2.45, 2.75) is 6.42 Å². The van der Waals surface area contributed by atoms with Crippen LogP contribution in [-0.4, -0.2) is 68.4 Å². The number of benzene rings is 1. The van der Waals surface area contributed by atoms with Crippen LogP contribution in [0.2, 0.25) is 0 Å². The summed E-state index contributed by atoms with van der Waals surface area (Å²) in [5, 5.41) is 5.42. The molecular formula is C17H26N5S2+. The van der Waals surface area contributed by atoms with Gasteiger partial charge in [-0.15, -0.1) is 0 Å². The first-order valence-electron chi connectivity index (χ1n) is 8.56. The van der Waals surface area contributed by atoms with Crippen LogP contribution in [0.4, 0.5) is 5.13 Å². The number of para-hydroxylation sites is 1. The van der Waals surface area contributed by atoms with E-state index in [1.807, 2.05) is 6.07 Å². The highest BCUT2D eigenvalue weighted by atomic mass is 32.1. The van der Waals surface area contributed by atoms with E-state index in [0.717, 1.165) is 54.9 Å². The zero-order chi connectivity index (χ0) is 16.9. The van der Waals surface area contributed by atoms with Gasteiger partial charge in [0.25, 0.3) is 0 Å². The maximum atomic E-state index is 5.54. The van der Waals surface area contributed by atoms with E-state index in [1.165, 1.54) is 16.1 Å². The minimum Gasteiger partial charge on any atom is -0.362 e. The van der Waals surface area contributed by atoms with Crippen molar-refractivity contribution >= 4 is 44.0 Å². The minimum absolute atomic E-state index is 0.896. The summed E-state index contributed by atoms with van der Waals surface area (Å²) in [6.07, 6.45) is 1.15. The molecule has 1 aromatic heterocycles. The Balaban J connectivity index is 1.47. The largest absolute Gasteiger partial charge is 0.362 e. The summed E-state index contributed by atoms with van der Waals surface area (Å²) < 4.78 is 1.26. The average molecular weight is 365 g/mol. The van der Waals surface area contributed by atoms with Crippen molar-refractivity contribution in [2.75, 3.05) is 58.3 Å². The van der Waals surface area contributed by atoms with E-state index in [9.17, 15) is 0 Å². The van der Waals surface area contributed by atoms with Gasteiger partial charge in [-0.05, 0) is 24.4 Å². The molecule has 0 radical (unpaired) electrons. The molecular weight excluding hydrogens is 338 g/mol. The second-order valence-corrected chi connectivity index (χ2v) is 7.88. The SMILES string of the molecule is C[NH+](C)CCCNC(=S)N1CCN(c2nc3ccccc3s2)CC1. The molecule has 2 heterocycles. The Morgan fingerprint density at radius 2 is 2.00 bits per heavy atom.